The molecule has 1 aromatic carbocycles. The molecule has 0 heterocycles. The van der Waals surface area contributed by atoms with Crippen molar-refractivity contribution < 1.29 is 4.84 Å². The first-order valence-corrected chi connectivity index (χ1v) is 10.7. The zero-order valence-electron chi connectivity index (χ0n) is 19.3. The highest BCUT2D eigenvalue weighted by atomic mass is 16.7. The van der Waals surface area contributed by atoms with Crippen LogP contribution in [-0.4, -0.2) is 22.9 Å². The lowest BCUT2D eigenvalue weighted by molar-refractivity contribution is -0.282. The van der Waals surface area contributed by atoms with Crippen LogP contribution in [0.2, 0.25) is 0 Å². The number of rotatable bonds is 11. The van der Waals surface area contributed by atoms with E-state index in [-0.39, 0.29) is 23.2 Å². The third kappa shape index (κ3) is 6.89. The van der Waals surface area contributed by atoms with Gasteiger partial charge in [-0.15, -0.1) is 0 Å². The lowest BCUT2D eigenvalue weighted by atomic mass is 9.78. The lowest BCUT2D eigenvalue weighted by Crippen LogP contribution is -2.54. The molecule has 2 atom stereocenters. The predicted molar refractivity (Wildman–Crippen MR) is 117 cm³/mol. The van der Waals surface area contributed by atoms with Crippen molar-refractivity contribution in [3.8, 4) is 0 Å². The SMILES string of the molecule is CCC(C)(C)N(OC(N)C(C)(C)CCC(c1ccccc1)C(C)C)C(C)C. The summed E-state index contributed by atoms with van der Waals surface area (Å²) in [4.78, 5) is 6.34. The molecule has 0 aliphatic rings. The fraction of sp³-hybridized carbons (Fsp3) is 0.750. The van der Waals surface area contributed by atoms with E-state index in [2.05, 4.69) is 97.7 Å². The van der Waals surface area contributed by atoms with Gasteiger partial charge in [0, 0.05) is 17.0 Å². The predicted octanol–water partition coefficient (Wildman–Crippen LogP) is 6.35. The van der Waals surface area contributed by atoms with Gasteiger partial charge in [0.15, 0.2) is 0 Å². The second-order valence-corrected chi connectivity index (χ2v) is 9.90. The summed E-state index contributed by atoms with van der Waals surface area (Å²) in [6.07, 6.45) is 2.84. The Balaban J connectivity index is 2.82. The molecule has 0 saturated heterocycles. The fourth-order valence-electron chi connectivity index (χ4n) is 3.64. The van der Waals surface area contributed by atoms with Crippen LogP contribution in [0.4, 0.5) is 0 Å². The molecule has 0 aromatic heterocycles. The van der Waals surface area contributed by atoms with Gasteiger partial charge in [-0.1, -0.05) is 65.0 Å². The maximum atomic E-state index is 6.58. The van der Waals surface area contributed by atoms with E-state index in [0.717, 1.165) is 19.3 Å². The van der Waals surface area contributed by atoms with Gasteiger partial charge in [-0.05, 0) is 64.4 Å². The number of hydrogen-bond acceptors (Lipinski definition) is 3. The van der Waals surface area contributed by atoms with Gasteiger partial charge >= 0.3 is 0 Å². The summed E-state index contributed by atoms with van der Waals surface area (Å²) in [5, 5.41) is 2.09. The standard InChI is InChI=1S/C24H44N2O/c1-10-24(8,9)26(19(4)5)27-22(25)23(6,7)17-16-21(18(2)3)20-14-12-11-13-15-20/h11-15,18-19,21-22H,10,16-17,25H2,1-9H3. The van der Waals surface area contributed by atoms with Crippen molar-refractivity contribution in [2.75, 3.05) is 0 Å². The number of hydroxylamine groups is 2. The van der Waals surface area contributed by atoms with Crippen LogP contribution in [-0.2, 0) is 4.84 Å². The van der Waals surface area contributed by atoms with Gasteiger partial charge in [0.1, 0.15) is 6.23 Å². The van der Waals surface area contributed by atoms with Crippen LogP contribution < -0.4 is 5.73 Å². The Kier molecular flexibility index (Phi) is 8.98. The monoisotopic (exact) mass is 376 g/mol. The first-order chi connectivity index (χ1) is 12.4. The van der Waals surface area contributed by atoms with Crippen molar-refractivity contribution in [2.24, 2.45) is 17.1 Å². The van der Waals surface area contributed by atoms with Crippen LogP contribution in [0.5, 0.6) is 0 Å². The highest BCUT2D eigenvalue weighted by molar-refractivity contribution is 5.20. The van der Waals surface area contributed by atoms with Crippen molar-refractivity contribution in [1.29, 1.82) is 0 Å². The van der Waals surface area contributed by atoms with Gasteiger partial charge < -0.3 is 5.73 Å². The Morgan fingerprint density at radius 2 is 1.56 bits per heavy atom. The first-order valence-electron chi connectivity index (χ1n) is 10.7. The molecule has 3 heteroatoms. The lowest BCUT2D eigenvalue weighted by Gasteiger charge is -2.44. The molecule has 3 nitrogen and oxygen atoms in total. The summed E-state index contributed by atoms with van der Waals surface area (Å²) in [6.45, 7) is 20.1. The zero-order chi connectivity index (χ0) is 20.8. The summed E-state index contributed by atoms with van der Waals surface area (Å²) >= 11 is 0. The summed E-state index contributed by atoms with van der Waals surface area (Å²) in [5.74, 6) is 1.15. The average molecular weight is 377 g/mol. The molecule has 0 bridgehead atoms. The van der Waals surface area contributed by atoms with E-state index in [1.165, 1.54) is 5.56 Å². The Labute approximate surface area is 168 Å². The highest BCUT2D eigenvalue weighted by Crippen LogP contribution is 2.36. The molecule has 0 aliphatic carbocycles. The summed E-state index contributed by atoms with van der Waals surface area (Å²) in [5.41, 5.74) is 7.87. The summed E-state index contributed by atoms with van der Waals surface area (Å²) in [6, 6.07) is 11.1. The average Bonchev–Trinajstić information content (AvgIpc) is 2.59. The molecule has 0 saturated carbocycles. The summed E-state index contributed by atoms with van der Waals surface area (Å²) < 4.78 is 0. The minimum Gasteiger partial charge on any atom is -0.304 e. The number of nitrogens with zero attached hydrogens (tertiary/aromatic N) is 1. The van der Waals surface area contributed by atoms with Gasteiger partial charge in [-0.25, -0.2) is 0 Å². The normalized spacial score (nSPS) is 15.6. The van der Waals surface area contributed by atoms with Crippen LogP contribution in [0.25, 0.3) is 0 Å². The molecular weight excluding hydrogens is 332 g/mol. The second-order valence-electron chi connectivity index (χ2n) is 9.90. The second kappa shape index (κ2) is 10.0. The van der Waals surface area contributed by atoms with Gasteiger partial charge in [-0.2, -0.15) is 5.06 Å². The number of nitrogens with two attached hydrogens (primary N) is 1. The third-order valence-corrected chi connectivity index (χ3v) is 6.06. The van der Waals surface area contributed by atoms with Crippen molar-refractivity contribution >= 4 is 0 Å². The van der Waals surface area contributed by atoms with Crippen molar-refractivity contribution in [3.05, 3.63) is 35.9 Å². The van der Waals surface area contributed by atoms with Gasteiger partial charge in [0.25, 0.3) is 0 Å². The molecular formula is C24H44N2O. The molecule has 0 aliphatic heterocycles. The molecule has 2 unspecified atom stereocenters. The smallest absolute Gasteiger partial charge is 0.132 e. The zero-order valence-corrected chi connectivity index (χ0v) is 19.3. The highest BCUT2D eigenvalue weighted by Gasteiger charge is 2.35. The van der Waals surface area contributed by atoms with Gasteiger partial charge in [-0.3, -0.25) is 4.84 Å². The van der Waals surface area contributed by atoms with Crippen molar-refractivity contribution in [2.45, 2.75) is 105 Å². The Bertz CT molecular complexity index is 537. The van der Waals surface area contributed by atoms with Gasteiger partial charge in [0.05, 0.1) is 0 Å². The quantitative estimate of drug-likeness (QED) is 0.361. The van der Waals surface area contributed by atoms with E-state index in [9.17, 15) is 0 Å². The minimum atomic E-state index is -0.325. The van der Waals surface area contributed by atoms with Gasteiger partial charge in [0.2, 0.25) is 0 Å². The van der Waals surface area contributed by atoms with E-state index >= 15 is 0 Å². The molecule has 2 N–H and O–H groups in total. The van der Waals surface area contributed by atoms with Crippen LogP contribution in [0.3, 0.4) is 0 Å². The largest absolute Gasteiger partial charge is 0.304 e. The molecule has 0 radical (unpaired) electrons. The van der Waals surface area contributed by atoms with Crippen LogP contribution in [0.1, 0.15) is 93.1 Å². The van der Waals surface area contributed by atoms with E-state index in [1.54, 1.807) is 0 Å². The van der Waals surface area contributed by atoms with Crippen molar-refractivity contribution in [3.63, 3.8) is 0 Å². The third-order valence-electron chi connectivity index (χ3n) is 6.06. The molecule has 0 fully saturated rings. The molecule has 156 valence electrons. The molecule has 27 heavy (non-hydrogen) atoms. The van der Waals surface area contributed by atoms with Crippen LogP contribution in [0, 0.1) is 11.3 Å². The fourth-order valence-corrected chi connectivity index (χ4v) is 3.64. The maximum absolute atomic E-state index is 6.58. The first kappa shape index (κ1) is 24.1. The van der Waals surface area contributed by atoms with E-state index in [0.29, 0.717) is 11.8 Å². The van der Waals surface area contributed by atoms with Crippen molar-refractivity contribution in [1.82, 2.24) is 5.06 Å². The van der Waals surface area contributed by atoms with E-state index < -0.39 is 0 Å². The topological polar surface area (TPSA) is 38.5 Å². The molecule has 1 rings (SSSR count). The number of hydrogen-bond donors (Lipinski definition) is 1. The molecule has 0 spiro atoms. The van der Waals surface area contributed by atoms with Crippen LogP contribution in [0.15, 0.2) is 30.3 Å². The number of benzene rings is 1. The van der Waals surface area contributed by atoms with Crippen LogP contribution >= 0.6 is 0 Å². The Hall–Kier alpha value is -0.900. The van der Waals surface area contributed by atoms with E-state index in [1.807, 2.05) is 0 Å². The molecule has 1 aromatic rings. The minimum absolute atomic E-state index is 0.0353. The maximum Gasteiger partial charge on any atom is 0.132 e. The Morgan fingerprint density at radius 3 is 2.00 bits per heavy atom. The molecule has 0 amide bonds. The summed E-state index contributed by atoms with van der Waals surface area (Å²) in [7, 11) is 0. The van der Waals surface area contributed by atoms with E-state index in [4.69, 9.17) is 10.6 Å². The Morgan fingerprint density at radius 1 is 1.00 bits per heavy atom.